The number of aromatic nitrogens is 1. The van der Waals surface area contributed by atoms with Gasteiger partial charge in [-0.05, 0) is 26.0 Å². The number of benzene rings is 1. The van der Waals surface area contributed by atoms with Gasteiger partial charge < -0.3 is 15.5 Å². The fourth-order valence-corrected chi connectivity index (χ4v) is 1.84. The first kappa shape index (κ1) is 14.8. The minimum atomic E-state index is -0.318. The molecule has 5 heteroatoms. The minimum Gasteiger partial charge on any atom is -0.444 e. The number of rotatable bonds is 3. The van der Waals surface area contributed by atoms with Gasteiger partial charge in [0.05, 0.1) is 18.3 Å². The molecule has 3 N–H and O–H groups in total. The molecular formula is C16H17N3O2. The summed E-state index contributed by atoms with van der Waals surface area (Å²) in [5, 5.41) is 2.85. The zero-order valence-electron chi connectivity index (χ0n) is 12.0. The Morgan fingerprint density at radius 3 is 2.90 bits per heavy atom. The summed E-state index contributed by atoms with van der Waals surface area (Å²) in [5.41, 5.74) is 6.52. The van der Waals surface area contributed by atoms with Gasteiger partial charge in [0.1, 0.15) is 11.8 Å². The number of oxazole rings is 1. The second-order valence-corrected chi connectivity index (χ2v) is 4.56. The Kier molecular flexibility index (Phi) is 4.75. The van der Waals surface area contributed by atoms with Gasteiger partial charge in [-0.15, -0.1) is 0 Å². The van der Waals surface area contributed by atoms with Crippen molar-refractivity contribution in [2.75, 3.05) is 6.54 Å². The molecule has 1 amide bonds. The first-order valence-electron chi connectivity index (χ1n) is 6.63. The lowest BCUT2D eigenvalue weighted by Gasteiger charge is -2.11. The van der Waals surface area contributed by atoms with E-state index < -0.39 is 0 Å². The van der Waals surface area contributed by atoms with Gasteiger partial charge in [-0.25, -0.2) is 4.98 Å². The molecule has 0 saturated heterocycles. The van der Waals surface area contributed by atoms with E-state index in [9.17, 15) is 4.79 Å². The lowest BCUT2D eigenvalue weighted by molar-refractivity contribution is 0.0933. The van der Waals surface area contributed by atoms with Crippen molar-refractivity contribution in [3.05, 3.63) is 53.2 Å². The molecule has 0 aliphatic rings. The first-order valence-corrected chi connectivity index (χ1v) is 6.63. The molecule has 1 aromatic heterocycles. The highest BCUT2D eigenvalue weighted by atomic mass is 16.4. The second-order valence-electron chi connectivity index (χ2n) is 4.56. The first-order chi connectivity index (χ1) is 10.1. The van der Waals surface area contributed by atoms with Crippen LogP contribution in [0.5, 0.6) is 0 Å². The monoisotopic (exact) mass is 283 g/mol. The summed E-state index contributed by atoms with van der Waals surface area (Å²) in [5.74, 6) is 6.62. The van der Waals surface area contributed by atoms with Gasteiger partial charge in [-0.3, -0.25) is 4.79 Å². The zero-order chi connectivity index (χ0) is 15.2. The number of carbonyl (C=O) groups is 1. The number of amides is 1. The molecule has 21 heavy (non-hydrogen) atoms. The summed E-state index contributed by atoms with van der Waals surface area (Å²) >= 11 is 0. The summed E-state index contributed by atoms with van der Waals surface area (Å²) in [6.45, 7) is 3.88. The molecule has 0 aliphatic heterocycles. The van der Waals surface area contributed by atoms with Crippen LogP contribution < -0.4 is 11.1 Å². The summed E-state index contributed by atoms with van der Waals surface area (Å²) in [4.78, 5) is 16.4. The Bertz CT molecular complexity index is 695. The average Bonchev–Trinajstić information content (AvgIpc) is 2.92. The molecule has 1 unspecified atom stereocenters. The van der Waals surface area contributed by atoms with Gasteiger partial charge in [0.25, 0.3) is 5.91 Å². The highest BCUT2D eigenvalue weighted by Crippen LogP contribution is 2.14. The molecule has 5 nitrogen and oxygen atoms in total. The number of nitrogens with zero attached hydrogens (tertiary/aromatic N) is 1. The van der Waals surface area contributed by atoms with Gasteiger partial charge in [0.2, 0.25) is 5.89 Å². The number of hydrogen-bond acceptors (Lipinski definition) is 4. The number of nitrogens with two attached hydrogens (primary N) is 1. The van der Waals surface area contributed by atoms with Crippen LogP contribution in [-0.4, -0.2) is 17.4 Å². The quantitative estimate of drug-likeness (QED) is 0.841. The van der Waals surface area contributed by atoms with Gasteiger partial charge in [-0.1, -0.05) is 24.0 Å². The molecule has 0 aliphatic carbocycles. The van der Waals surface area contributed by atoms with Crippen LogP contribution in [0, 0.1) is 18.8 Å². The normalized spacial score (nSPS) is 11.4. The van der Waals surface area contributed by atoms with Crippen molar-refractivity contribution in [3.8, 4) is 11.8 Å². The van der Waals surface area contributed by atoms with E-state index in [0.717, 1.165) is 0 Å². The largest absolute Gasteiger partial charge is 0.444 e. The van der Waals surface area contributed by atoms with E-state index in [1.807, 2.05) is 19.9 Å². The van der Waals surface area contributed by atoms with Crippen LogP contribution in [0.4, 0.5) is 0 Å². The third-order valence-electron chi connectivity index (χ3n) is 2.85. The molecule has 0 bridgehead atoms. The maximum atomic E-state index is 12.3. The Balaban J connectivity index is 2.17. The van der Waals surface area contributed by atoms with E-state index in [-0.39, 0.29) is 18.5 Å². The highest BCUT2D eigenvalue weighted by molar-refractivity contribution is 5.96. The van der Waals surface area contributed by atoms with Gasteiger partial charge in [-0.2, -0.15) is 0 Å². The van der Waals surface area contributed by atoms with Crippen molar-refractivity contribution in [2.24, 2.45) is 5.73 Å². The van der Waals surface area contributed by atoms with Crippen LogP contribution in [0.25, 0.3) is 0 Å². The van der Waals surface area contributed by atoms with Crippen LogP contribution in [-0.2, 0) is 0 Å². The maximum Gasteiger partial charge on any atom is 0.253 e. The minimum absolute atomic E-state index is 0.222. The Morgan fingerprint density at radius 1 is 1.48 bits per heavy atom. The molecule has 0 fully saturated rings. The highest BCUT2D eigenvalue weighted by Gasteiger charge is 2.17. The van der Waals surface area contributed by atoms with Crippen molar-refractivity contribution in [2.45, 2.75) is 19.9 Å². The Morgan fingerprint density at radius 2 is 2.24 bits per heavy atom. The smallest absolute Gasteiger partial charge is 0.253 e. The summed E-state index contributed by atoms with van der Waals surface area (Å²) in [6, 6.07) is 6.82. The molecule has 108 valence electrons. The predicted octanol–water partition coefficient (Wildman–Crippen LogP) is 1.78. The van der Waals surface area contributed by atoms with Gasteiger partial charge in [0, 0.05) is 5.56 Å². The molecule has 0 spiro atoms. The number of carbonyl (C=O) groups excluding carboxylic acids is 1. The van der Waals surface area contributed by atoms with Crippen LogP contribution in [0.3, 0.4) is 0 Å². The van der Waals surface area contributed by atoms with Crippen LogP contribution in [0.15, 0.2) is 34.9 Å². The fraction of sp³-hybridized carbons (Fsp3) is 0.250. The van der Waals surface area contributed by atoms with Crippen molar-refractivity contribution in [3.63, 3.8) is 0 Å². The van der Waals surface area contributed by atoms with Gasteiger partial charge in [0.15, 0.2) is 0 Å². The van der Waals surface area contributed by atoms with E-state index in [1.54, 1.807) is 24.4 Å². The van der Waals surface area contributed by atoms with Crippen LogP contribution >= 0.6 is 0 Å². The summed E-state index contributed by atoms with van der Waals surface area (Å²) in [7, 11) is 0. The zero-order valence-corrected chi connectivity index (χ0v) is 12.0. The van der Waals surface area contributed by atoms with E-state index >= 15 is 0 Å². The van der Waals surface area contributed by atoms with Crippen LogP contribution in [0.2, 0.25) is 0 Å². The molecule has 0 radical (unpaired) electrons. The Labute approximate surface area is 123 Å². The van der Waals surface area contributed by atoms with Crippen molar-refractivity contribution >= 4 is 5.91 Å². The topological polar surface area (TPSA) is 81.2 Å². The van der Waals surface area contributed by atoms with Crippen LogP contribution in [0.1, 0.15) is 40.5 Å². The van der Waals surface area contributed by atoms with E-state index in [0.29, 0.717) is 22.8 Å². The molecule has 2 rings (SSSR count). The van der Waals surface area contributed by atoms with Crippen molar-refractivity contribution < 1.29 is 9.21 Å². The van der Waals surface area contributed by atoms with E-state index in [2.05, 4.69) is 22.1 Å². The molecule has 1 aromatic carbocycles. The standard InChI is InChI=1S/C16H17N3O2/c1-11-10-18-16(21-11)12(2)19-15(20)14-8-4-3-6-13(14)7-5-9-17/h3-4,6,8,10,12H,9,17H2,1-2H3,(H,19,20). The van der Waals surface area contributed by atoms with Crippen molar-refractivity contribution in [1.82, 2.24) is 10.3 Å². The Hall–Kier alpha value is -2.58. The number of aryl methyl sites for hydroxylation is 1. The number of nitrogens with one attached hydrogen (secondary N) is 1. The molecule has 1 heterocycles. The van der Waals surface area contributed by atoms with Gasteiger partial charge >= 0.3 is 0 Å². The lowest BCUT2D eigenvalue weighted by Crippen LogP contribution is -2.27. The maximum absolute atomic E-state index is 12.3. The molecule has 0 saturated carbocycles. The van der Waals surface area contributed by atoms with E-state index in [4.69, 9.17) is 10.2 Å². The SMILES string of the molecule is Cc1cnc(C(C)NC(=O)c2ccccc2C#CCN)o1. The summed E-state index contributed by atoms with van der Waals surface area (Å²) < 4.78 is 5.41. The summed E-state index contributed by atoms with van der Waals surface area (Å²) in [6.07, 6.45) is 1.62. The average molecular weight is 283 g/mol. The van der Waals surface area contributed by atoms with E-state index in [1.165, 1.54) is 0 Å². The third-order valence-corrected chi connectivity index (χ3v) is 2.85. The number of hydrogen-bond donors (Lipinski definition) is 2. The molecule has 2 aromatic rings. The predicted molar refractivity (Wildman–Crippen MR) is 79.5 cm³/mol. The lowest BCUT2D eigenvalue weighted by atomic mass is 10.1. The van der Waals surface area contributed by atoms with Crippen molar-refractivity contribution in [1.29, 1.82) is 0 Å². The third kappa shape index (κ3) is 3.71. The second kappa shape index (κ2) is 6.73. The molecule has 1 atom stereocenters. The molecular weight excluding hydrogens is 266 g/mol. The fourth-order valence-electron chi connectivity index (χ4n) is 1.84.